The van der Waals surface area contributed by atoms with Gasteiger partial charge in [-0.15, -0.1) is 0 Å². The van der Waals surface area contributed by atoms with Crippen molar-refractivity contribution in [2.24, 2.45) is 11.3 Å². The van der Waals surface area contributed by atoms with E-state index in [1.807, 2.05) is 30.3 Å². The molecule has 0 saturated carbocycles. The Bertz CT molecular complexity index is 580. The van der Waals surface area contributed by atoms with E-state index in [9.17, 15) is 4.79 Å². The number of hydrogen-bond donors (Lipinski definition) is 0. The molecule has 2 rings (SSSR count). The van der Waals surface area contributed by atoms with Gasteiger partial charge in [0, 0.05) is 11.1 Å². The molecule has 1 aliphatic rings. The fraction of sp³-hybridized carbons (Fsp3) is 0.682. The van der Waals surface area contributed by atoms with E-state index in [-0.39, 0.29) is 23.2 Å². The molecule has 4 heteroatoms. The molecule has 0 radical (unpaired) electrons. The maximum Gasteiger partial charge on any atom is 0.414 e. The Morgan fingerprint density at radius 1 is 1.19 bits per heavy atom. The Labute approximate surface area is 158 Å². The fourth-order valence-electron chi connectivity index (χ4n) is 3.17. The molecule has 1 atom stereocenters. The van der Waals surface area contributed by atoms with E-state index >= 15 is 0 Å². The summed E-state index contributed by atoms with van der Waals surface area (Å²) in [6.07, 6.45) is 2.99. The zero-order chi connectivity index (χ0) is 19.4. The zero-order valence-electron chi connectivity index (χ0n) is 17.2. The standard InChI is InChI=1S/C22H35NO3/c1-17(2)11-10-14-22(5,6)25-16-21(3,4)19-15-23(20(24)26-19)18-12-8-7-9-13-18/h7-9,12-13,17,19H,10-11,14-16H2,1-6H3. The molecule has 1 saturated heterocycles. The third-order valence-corrected chi connectivity index (χ3v) is 5.15. The van der Waals surface area contributed by atoms with E-state index in [1.165, 1.54) is 12.8 Å². The molecule has 0 spiro atoms. The largest absolute Gasteiger partial charge is 0.443 e. The van der Waals surface area contributed by atoms with Crippen molar-refractivity contribution in [3.05, 3.63) is 30.3 Å². The minimum Gasteiger partial charge on any atom is -0.443 e. The average molecular weight is 362 g/mol. The highest BCUT2D eigenvalue weighted by atomic mass is 16.6. The van der Waals surface area contributed by atoms with E-state index in [0.29, 0.717) is 13.2 Å². The molecular formula is C22H35NO3. The molecule has 1 fully saturated rings. The van der Waals surface area contributed by atoms with Gasteiger partial charge in [-0.3, -0.25) is 4.90 Å². The molecule has 26 heavy (non-hydrogen) atoms. The summed E-state index contributed by atoms with van der Waals surface area (Å²) in [4.78, 5) is 14.0. The van der Waals surface area contributed by atoms with Crippen LogP contribution in [0.25, 0.3) is 0 Å². The second kappa shape index (κ2) is 8.43. The smallest absolute Gasteiger partial charge is 0.414 e. The summed E-state index contributed by atoms with van der Waals surface area (Å²) < 4.78 is 11.9. The first kappa shape index (κ1) is 20.8. The van der Waals surface area contributed by atoms with Crippen molar-refractivity contribution in [2.45, 2.75) is 72.5 Å². The maximum absolute atomic E-state index is 12.3. The summed E-state index contributed by atoms with van der Waals surface area (Å²) in [6.45, 7) is 14.2. The highest BCUT2D eigenvalue weighted by molar-refractivity contribution is 5.89. The number of amides is 1. The first-order chi connectivity index (χ1) is 12.1. The van der Waals surface area contributed by atoms with Crippen LogP contribution in [0, 0.1) is 11.3 Å². The molecule has 0 aliphatic carbocycles. The topological polar surface area (TPSA) is 38.8 Å². The molecule has 1 unspecified atom stereocenters. The summed E-state index contributed by atoms with van der Waals surface area (Å²) in [5, 5.41) is 0. The van der Waals surface area contributed by atoms with Crippen molar-refractivity contribution < 1.29 is 14.3 Å². The Balaban J connectivity index is 1.90. The number of para-hydroxylation sites is 1. The van der Waals surface area contributed by atoms with Crippen LogP contribution < -0.4 is 4.90 Å². The number of ether oxygens (including phenoxy) is 2. The van der Waals surface area contributed by atoms with Crippen molar-refractivity contribution in [2.75, 3.05) is 18.1 Å². The SMILES string of the molecule is CC(C)CCCC(C)(C)OCC(C)(C)C1CN(c2ccccc2)C(=O)O1. The number of carbonyl (C=O) groups excluding carboxylic acids is 1. The number of benzene rings is 1. The van der Waals surface area contributed by atoms with Gasteiger partial charge in [0.25, 0.3) is 0 Å². The van der Waals surface area contributed by atoms with E-state index in [1.54, 1.807) is 4.90 Å². The van der Waals surface area contributed by atoms with Gasteiger partial charge in [0.15, 0.2) is 0 Å². The summed E-state index contributed by atoms with van der Waals surface area (Å²) in [6, 6.07) is 9.69. The number of cyclic esters (lactones) is 1. The summed E-state index contributed by atoms with van der Waals surface area (Å²) in [5.41, 5.74) is 0.480. The van der Waals surface area contributed by atoms with Gasteiger partial charge < -0.3 is 9.47 Å². The van der Waals surface area contributed by atoms with Gasteiger partial charge in [0.2, 0.25) is 0 Å². The molecule has 1 heterocycles. The van der Waals surface area contributed by atoms with Gasteiger partial charge in [-0.1, -0.05) is 58.7 Å². The predicted molar refractivity (Wildman–Crippen MR) is 107 cm³/mol. The Morgan fingerprint density at radius 3 is 2.46 bits per heavy atom. The van der Waals surface area contributed by atoms with Crippen molar-refractivity contribution in [1.29, 1.82) is 0 Å². The van der Waals surface area contributed by atoms with Crippen LogP contribution in [0.3, 0.4) is 0 Å². The average Bonchev–Trinajstić information content (AvgIpc) is 2.96. The van der Waals surface area contributed by atoms with Gasteiger partial charge in [-0.2, -0.15) is 0 Å². The van der Waals surface area contributed by atoms with Crippen molar-refractivity contribution >= 4 is 11.8 Å². The minimum atomic E-state index is -0.273. The molecule has 0 aromatic heterocycles. The van der Waals surface area contributed by atoms with Gasteiger partial charge >= 0.3 is 6.09 Å². The summed E-state index contributed by atoms with van der Waals surface area (Å²) in [7, 11) is 0. The number of anilines is 1. The molecule has 1 amide bonds. The monoisotopic (exact) mass is 361 g/mol. The van der Waals surface area contributed by atoms with Crippen molar-refractivity contribution in [3.8, 4) is 0 Å². The van der Waals surface area contributed by atoms with E-state index in [4.69, 9.17) is 9.47 Å². The Kier molecular flexibility index (Phi) is 6.73. The van der Waals surface area contributed by atoms with Crippen LogP contribution in [0.5, 0.6) is 0 Å². The lowest BCUT2D eigenvalue weighted by Gasteiger charge is -2.34. The first-order valence-corrected chi connectivity index (χ1v) is 9.78. The molecule has 146 valence electrons. The maximum atomic E-state index is 12.3. The molecule has 4 nitrogen and oxygen atoms in total. The van der Waals surface area contributed by atoms with Crippen molar-refractivity contribution in [3.63, 3.8) is 0 Å². The van der Waals surface area contributed by atoms with E-state index in [0.717, 1.165) is 18.0 Å². The third-order valence-electron chi connectivity index (χ3n) is 5.15. The third kappa shape index (κ3) is 5.73. The molecular weight excluding hydrogens is 326 g/mol. The Hall–Kier alpha value is -1.55. The zero-order valence-corrected chi connectivity index (χ0v) is 17.2. The molecule has 1 aromatic rings. The lowest BCUT2D eigenvalue weighted by atomic mass is 9.87. The molecule has 0 bridgehead atoms. The summed E-state index contributed by atoms with van der Waals surface area (Å²) in [5.74, 6) is 0.726. The van der Waals surface area contributed by atoms with Crippen LogP contribution in [-0.2, 0) is 9.47 Å². The number of carbonyl (C=O) groups is 1. The van der Waals surface area contributed by atoms with Gasteiger partial charge in [0.1, 0.15) is 6.10 Å². The second-order valence-electron chi connectivity index (χ2n) is 9.14. The highest BCUT2D eigenvalue weighted by Gasteiger charge is 2.42. The van der Waals surface area contributed by atoms with Gasteiger partial charge in [0.05, 0.1) is 18.8 Å². The lowest BCUT2D eigenvalue weighted by molar-refractivity contribution is -0.0860. The Morgan fingerprint density at radius 2 is 1.85 bits per heavy atom. The summed E-state index contributed by atoms with van der Waals surface area (Å²) >= 11 is 0. The predicted octanol–water partition coefficient (Wildman–Crippen LogP) is 5.66. The van der Waals surface area contributed by atoms with Gasteiger partial charge in [-0.25, -0.2) is 4.79 Å². The van der Waals surface area contributed by atoms with Crippen LogP contribution >= 0.6 is 0 Å². The number of rotatable bonds is 9. The second-order valence-corrected chi connectivity index (χ2v) is 9.14. The molecule has 1 aromatic carbocycles. The van der Waals surface area contributed by atoms with Crippen LogP contribution in [0.15, 0.2) is 30.3 Å². The first-order valence-electron chi connectivity index (χ1n) is 9.78. The minimum absolute atomic E-state index is 0.159. The van der Waals surface area contributed by atoms with E-state index < -0.39 is 0 Å². The number of hydrogen-bond acceptors (Lipinski definition) is 3. The van der Waals surface area contributed by atoms with Gasteiger partial charge in [-0.05, 0) is 38.3 Å². The molecule has 1 aliphatic heterocycles. The van der Waals surface area contributed by atoms with E-state index in [2.05, 4.69) is 41.5 Å². The molecule has 0 N–H and O–H groups in total. The fourth-order valence-corrected chi connectivity index (χ4v) is 3.17. The lowest BCUT2D eigenvalue weighted by Crippen LogP contribution is -2.40. The van der Waals surface area contributed by atoms with Crippen LogP contribution in [0.1, 0.15) is 60.8 Å². The van der Waals surface area contributed by atoms with Crippen LogP contribution in [0.4, 0.5) is 10.5 Å². The highest BCUT2D eigenvalue weighted by Crippen LogP contribution is 2.33. The number of nitrogens with zero attached hydrogens (tertiary/aromatic N) is 1. The quantitative estimate of drug-likeness (QED) is 0.570. The normalized spacial score (nSPS) is 18.5. The van der Waals surface area contributed by atoms with Crippen LogP contribution in [-0.4, -0.2) is 30.9 Å². The van der Waals surface area contributed by atoms with Crippen LogP contribution in [0.2, 0.25) is 0 Å². The van der Waals surface area contributed by atoms with Crippen molar-refractivity contribution in [1.82, 2.24) is 0 Å².